The van der Waals surface area contributed by atoms with Gasteiger partial charge in [-0.25, -0.2) is 21.6 Å². The number of nitrogens with one attached hydrogen (secondary N) is 2. The normalized spacial score (nSPS) is 34.1. The summed E-state index contributed by atoms with van der Waals surface area (Å²) in [4.78, 5) is 28.4. The molecule has 2 aliphatic carbocycles. The maximum atomic E-state index is 13.4. The van der Waals surface area contributed by atoms with Crippen LogP contribution in [0.4, 0.5) is 5.69 Å². The predicted molar refractivity (Wildman–Crippen MR) is 205 cm³/mol. The lowest BCUT2D eigenvalue weighted by Crippen LogP contribution is -2.66. The zero-order valence-corrected chi connectivity index (χ0v) is 33.0. The van der Waals surface area contributed by atoms with E-state index in [1.54, 1.807) is 32.2 Å². The van der Waals surface area contributed by atoms with Crippen LogP contribution >= 0.6 is 11.6 Å². The first-order chi connectivity index (χ1) is 25.1. The van der Waals surface area contributed by atoms with Crippen LogP contribution in [0.25, 0.3) is 0 Å². The Morgan fingerprint density at radius 3 is 2.45 bits per heavy atom. The first-order valence-corrected chi connectivity index (χ1v) is 22.3. The van der Waals surface area contributed by atoms with E-state index in [-0.39, 0.29) is 34.1 Å². The number of methoxy groups -OCH3 is 1. The number of allylic oxidation sites excluding steroid dienone is 1. The number of carbonyl (C=O) groups is 2. The number of hydrogen-bond donors (Lipinski definition) is 2. The molecule has 0 aromatic heterocycles. The molecule has 14 heteroatoms. The Labute approximate surface area is 318 Å². The molecule has 53 heavy (non-hydrogen) atoms. The van der Waals surface area contributed by atoms with Gasteiger partial charge in [-0.3, -0.25) is 9.59 Å². The number of aryl methyl sites for hydroxylation is 1. The Bertz CT molecular complexity index is 2010. The van der Waals surface area contributed by atoms with Crippen LogP contribution in [0.2, 0.25) is 5.02 Å². The van der Waals surface area contributed by atoms with Crippen molar-refractivity contribution < 1.29 is 35.9 Å². The predicted octanol–water partition coefficient (Wildman–Crippen LogP) is 4.47. The van der Waals surface area contributed by atoms with Gasteiger partial charge in [0.1, 0.15) is 11.4 Å². The van der Waals surface area contributed by atoms with Crippen molar-refractivity contribution in [2.45, 2.75) is 68.6 Å². The monoisotopic (exact) mass is 787 g/mol. The van der Waals surface area contributed by atoms with Crippen LogP contribution in [0.3, 0.4) is 0 Å². The molecule has 288 valence electrons. The van der Waals surface area contributed by atoms with Gasteiger partial charge in [-0.05, 0) is 105 Å². The molecule has 2 aromatic carbocycles. The summed E-state index contributed by atoms with van der Waals surface area (Å²) in [5.41, 5.74) is 2.23. The molecule has 2 N–H and O–H groups in total. The number of carbonyl (C=O) groups excluding carboxylic acids is 2. The van der Waals surface area contributed by atoms with Gasteiger partial charge in [0.15, 0.2) is 16.1 Å². The topological polar surface area (TPSA) is 148 Å². The van der Waals surface area contributed by atoms with Crippen LogP contribution < -0.4 is 19.7 Å². The van der Waals surface area contributed by atoms with Gasteiger partial charge in [0, 0.05) is 60.6 Å². The van der Waals surface area contributed by atoms with E-state index < -0.39 is 36.6 Å². The van der Waals surface area contributed by atoms with Crippen molar-refractivity contribution in [3.8, 4) is 5.75 Å². The molecular formula is C39H50ClN3O8S2. The molecule has 2 aromatic rings. The zero-order chi connectivity index (χ0) is 37.8. The highest BCUT2D eigenvalue weighted by Crippen LogP contribution is 2.48. The molecule has 1 amide bonds. The van der Waals surface area contributed by atoms with Crippen molar-refractivity contribution in [3.05, 3.63) is 70.3 Å². The van der Waals surface area contributed by atoms with Gasteiger partial charge < -0.3 is 19.7 Å². The first-order valence-electron chi connectivity index (χ1n) is 18.6. The van der Waals surface area contributed by atoms with Crippen molar-refractivity contribution in [2.24, 2.45) is 23.2 Å². The highest BCUT2D eigenvalue weighted by Gasteiger charge is 2.52. The Morgan fingerprint density at radius 2 is 1.83 bits per heavy atom. The summed E-state index contributed by atoms with van der Waals surface area (Å²) in [6.07, 6.45) is 9.65. The molecule has 0 unspecified atom stereocenters. The maximum Gasteiger partial charge on any atom is 0.264 e. The quantitative estimate of drug-likeness (QED) is 0.330. The van der Waals surface area contributed by atoms with E-state index in [0.717, 1.165) is 57.2 Å². The summed E-state index contributed by atoms with van der Waals surface area (Å²) < 4.78 is 62.7. The van der Waals surface area contributed by atoms with Gasteiger partial charge in [0.05, 0.1) is 29.0 Å². The largest absolute Gasteiger partial charge is 0.490 e. The number of hydrogen-bond acceptors (Lipinski definition) is 10. The molecule has 2 bridgehead atoms. The first kappa shape index (κ1) is 38.3. The van der Waals surface area contributed by atoms with Gasteiger partial charge in [0.25, 0.3) is 5.91 Å². The molecule has 4 heterocycles. The van der Waals surface area contributed by atoms with E-state index in [1.807, 2.05) is 25.1 Å². The van der Waals surface area contributed by atoms with Gasteiger partial charge in [-0.2, -0.15) is 0 Å². The van der Waals surface area contributed by atoms with Gasteiger partial charge >= 0.3 is 0 Å². The van der Waals surface area contributed by atoms with Gasteiger partial charge in [0.2, 0.25) is 10.0 Å². The van der Waals surface area contributed by atoms with E-state index in [0.29, 0.717) is 48.4 Å². The second-order valence-electron chi connectivity index (χ2n) is 16.3. The van der Waals surface area contributed by atoms with Crippen molar-refractivity contribution in [1.29, 1.82) is 0 Å². The molecule has 6 aliphatic rings. The third-order valence-electron chi connectivity index (χ3n) is 12.8. The Balaban J connectivity index is 0.000000418. The standard InChI is InChI=1S/C34H41ClN2O6S.C5H9NO2S/c1-22-6-4-15-34(20-38,42-3)29-11-8-26(29)18-37-19-33(14-5-7-24-16-27(35)10-12-28(24)33)21-43-31-13-9-25(17-30(31)37)32(39)36-44(40,41)23(22)2;7-9(8)3-5(4-9)1-6-2-5/h4,9-10,12-13,15-17,20,22-23,26,29H,5-8,11,14,18-19,21H2,1-3H3,(H,36,39);6H,1-4H2/b15-4+;/t22-,23+,26-,29+,33-,34+;/m0./s1. The Kier molecular flexibility index (Phi) is 10.3. The summed E-state index contributed by atoms with van der Waals surface area (Å²) in [7, 11) is -5.00. The molecule has 2 saturated heterocycles. The molecule has 4 aliphatic heterocycles. The number of ether oxygens (including phenoxy) is 2. The van der Waals surface area contributed by atoms with Crippen molar-refractivity contribution in [3.63, 3.8) is 0 Å². The molecule has 8 rings (SSSR count). The highest BCUT2D eigenvalue weighted by molar-refractivity contribution is 7.92. The fourth-order valence-electron chi connectivity index (χ4n) is 9.26. The van der Waals surface area contributed by atoms with E-state index in [4.69, 9.17) is 21.1 Å². The van der Waals surface area contributed by atoms with E-state index in [2.05, 4.69) is 27.1 Å². The van der Waals surface area contributed by atoms with Crippen LogP contribution in [0, 0.1) is 23.2 Å². The van der Waals surface area contributed by atoms with E-state index in [9.17, 15) is 26.4 Å². The number of nitrogens with zero attached hydrogens (tertiary/aromatic N) is 1. The minimum absolute atomic E-state index is 0.0434. The third kappa shape index (κ3) is 7.28. The minimum atomic E-state index is -3.97. The minimum Gasteiger partial charge on any atom is -0.490 e. The van der Waals surface area contributed by atoms with Crippen LogP contribution in [0.15, 0.2) is 48.6 Å². The second-order valence-corrected chi connectivity index (χ2v) is 20.9. The lowest BCUT2D eigenvalue weighted by molar-refractivity contribution is -0.135. The molecule has 0 radical (unpaired) electrons. The lowest BCUT2D eigenvalue weighted by atomic mass is 9.64. The third-order valence-corrected chi connectivity index (χ3v) is 17.0. The van der Waals surface area contributed by atoms with E-state index >= 15 is 0 Å². The number of sulfonamides is 1. The SMILES string of the molecule is CO[C@@]1(C=O)/C=C/C[C@H](C)[C@@H](C)S(=O)(=O)NC(=O)c2ccc3c(c2)N(C[C@@H]2CC[C@H]21)C[C@@]1(CCCc2cc(Cl)ccc21)CO3.O=S1(=O)CC2(CNC2)C1. The summed E-state index contributed by atoms with van der Waals surface area (Å²) in [6.45, 7) is 6.99. The maximum absolute atomic E-state index is 13.4. The number of aldehydes is 1. The van der Waals surface area contributed by atoms with Crippen molar-refractivity contribution in [2.75, 3.05) is 56.3 Å². The van der Waals surface area contributed by atoms with Gasteiger partial charge in [-0.1, -0.05) is 30.7 Å². The van der Waals surface area contributed by atoms with Gasteiger partial charge in [-0.15, -0.1) is 0 Å². The van der Waals surface area contributed by atoms with Crippen LogP contribution in [-0.2, 0) is 41.2 Å². The Morgan fingerprint density at radius 1 is 1.06 bits per heavy atom. The van der Waals surface area contributed by atoms with Crippen LogP contribution in [0.1, 0.15) is 67.4 Å². The second kappa shape index (κ2) is 14.3. The average molecular weight is 788 g/mol. The molecule has 6 atom stereocenters. The smallest absolute Gasteiger partial charge is 0.264 e. The number of amides is 1. The fraction of sp³-hybridized carbons (Fsp3) is 0.590. The molecule has 2 spiro atoms. The number of benzene rings is 2. The highest BCUT2D eigenvalue weighted by atomic mass is 35.5. The number of rotatable bonds is 2. The zero-order valence-electron chi connectivity index (χ0n) is 30.6. The number of anilines is 1. The summed E-state index contributed by atoms with van der Waals surface area (Å²) in [5.74, 6) is 0.645. The molecule has 1 saturated carbocycles. The summed E-state index contributed by atoms with van der Waals surface area (Å²) in [5, 5.41) is 2.95. The Hall–Kier alpha value is -2.97. The number of fused-ring (bicyclic) bond motifs is 4. The van der Waals surface area contributed by atoms with Crippen molar-refractivity contribution >= 4 is 49.3 Å². The molecule has 11 nitrogen and oxygen atoms in total. The number of sulfone groups is 1. The molecular weight excluding hydrogens is 738 g/mol. The fourth-order valence-corrected chi connectivity index (χ4v) is 12.9. The molecule has 3 fully saturated rings. The lowest BCUT2D eigenvalue weighted by Gasteiger charge is -2.48. The average Bonchev–Trinajstić information content (AvgIpc) is 3.23. The summed E-state index contributed by atoms with van der Waals surface area (Å²) in [6, 6.07) is 11.3. The van der Waals surface area contributed by atoms with E-state index in [1.165, 1.54) is 11.1 Å². The van der Waals surface area contributed by atoms with Crippen LogP contribution in [-0.4, -0.2) is 91.3 Å². The van der Waals surface area contributed by atoms with Crippen molar-refractivity contribution in [1.82, 2.24) is 10.0 Å². The van der Waals surface area contributed by atoms with Crippen LogP contribution in [0.5, 0.6) is 5.75 Å². The number of halogens is 1. The summed E-state index contributed by atoms with van der Waals surface area (Å²) >= 11 is 6.40.